The lowest BCUT2D eigenvalue weighted by Gasteiger charge is -2.18. The fraction of sp³-hybridized carbons (Fsp3) is 0.700. The normalized spacial score (nSPS) is 14.5. The van der Waals surface area contributed by atoms with Crippen LogP contribution in [0.25, 0.3) is 0 Å². The van der Waals surface area contributed by atoms with Crippen molar-refractivity contribution in [3.63, 3.8) is 0 Å². The van der Waals surface area contributed by atoms with Gasteiger partial charge in [-0.2, -0.15) is 0 Å². The first kappa shape index (κ1) is 13.4. The predicted octanol–water partition coefficient (Wildman–Crippen LogP) is 2.09. The summed E-state index contributed by atoms with van der Waals surface area (Å²) in [5.74, 6) is 0.677. The van der Waals surface area contributed by atoms with Crippen molar-refractivity contribution in [3.05, 3.63) is 10.6 Å². The molecule has 6 heteroatoms. The van der Waals surface area contributed by atoms with Crippen LogP contribution in [0.4, 0.5) is 0 Å². The number of hydrogen-bond acceptors (Lipinski definition) is 4. The van der Waals surface area contributed by atoms with E-state index in [1.165, 1.54) is 0 Å². The predicted molar refractivity (Wildman–Crippen MR) is 66.1 cm³/mol. The zero-order chi connectivity index (χ0) is 12.1. The number of alkyl halides is 1. The van der Waals surface area contributed by atoms with Crippen LogP contribution in [0.15, 0.2) is 0 Å². The highest BCUT2D eigenvalue weighted by atomic mass is 35.5. The van der Waals surface area contributed by atoms with Gasteiger partial charge in [-0.3, -0.25) is 4.79 Å². The molecule has 0 saturated heterocycles. The van der Waals surface area contributed by atoms with E-state index >= 15 is 0 Å². The van der Waals surface area contributed by atoms with Gasteiger partial charge in [-0.1, -0.05) is 18.3 Å². The Morgan fingerprint density at radius 3 is 2.81 bits per heavy atom. The third-order valence-corrected chi connectivity index (χ3v) is 3.81. The number of amides is 1. The van der Waals surface area contributed by atoms with Gasteiger partial charge in [0.2, 0.25) is 0 Å². The molecule has 1 N–H and O–H groups in total. The highest BCUT2D eigenvalue weighted by Gasteiger charge is 2.19. The van der Waals surface area contributed by atoms with Gasteiger partial charge in [0.15, 0.2) is 0 Å². The van der Waals surface area contributed by atoms with E-state index in [-0.39, 0.29) is 17.9 Å². The average molecular weight is 262 g/mol. The molecule has 1 amide bonds. The summed E-state index contributed by atoms with van der Waals surface area (Å²) in [6.45, 7) is 5.91. The van der Waals surface area contributed by atoms with E-state index in [0.717, 1.165) is 23.6 Å². The van der Waals surface area contributed by atoms with Crippen LogP contribution in [-0.2, 0) is 6.42 Å². The van der Waals surface area contributed by atoms with Crippen LogP contribution in [0.3, 0.4) is 0 Å². The van der Waals surface area contributed by atoms with Crippen LogP contribution in [0.1, 0.15) is 36.1 Å². The maximum absolute atomic E-state index is 11.9. The highest BCUT2D eigenvalue weighted by Crippen LogP contribution is 2.12. The number of aryl methyl sites for hydroxylation is 1. The van der Waals surface area contributed by atoms with E-state index in [0.29, 0.717) is 10.8 Å². The standard InChI is InChI=1S/C10H16ClN3OS/c1-4-8-9(16-14-13-8)10(15)12-7(3)6(2)5-11/h6-7H,4-5H2,1-3H3,(H,12,15). The van der Waals surface area contributed by atoms with E-state index in [1.807, 2.05) is 20.8 Å². The van der Waals surface area contributed by atoms with Crippen LogP contribution in [0, 0.1) is 5.92 Å². The van der Waals surface area contributed by atoms with Gasteiger partial charge in [-0.25, -0.2) is 0 Å². The third kappa shape index (κ3) is 3.15. The SMILES string of the molecule is CCc1nnsc1C(=O)NC(C)C(C)CCl. The van der Waals surface area contributed by atoms with E-state index in [9.17, 15) is 4.79 Å². The Balaban J connectivity index is 2.65. The van der Waals surface area contributed by atoms with Crippen molar-refractivity contribution < 1.29 is 4.79 Å². The number of hydrogen-bond donors (Lipinski definition) is 1. The molecule has 0 spiro atoms. The molecule has 1 aromatic rings. The minimum absolute atomic E-state index is 0.0526. The topological polar surface area (TPSA) is 54.9 Å². The van der Waals surface area contributed by atoms with Crippen molar-refractivity contribution in [1.82, 2.24) is 14.9 Å². The van der Waals surface area contributed by atoms with Crippen molar-refractivity contribution in [3.8, 4) is 0 Å². The number of nitrogens with zero attached hydrogens (tertiary/aromatic N) is 2. The lowest BCUT2D eigenvalue weighted by molar-refractivity contribution is 0.0934. The Kier molecular flexibility index (Phi) is 5.15. The van der Waals surface area contributed by atoms with Gasteiger partial charge in [0.1, 0.15) is 4.88 Å². The largest absolute Gasteiger partial charge is 0.348 e. The van der Waals surface area contributed by atoms with Crippen molar-refractivity contribution in [2.75, 3.05) is 5.88 Å². The zero-order valence-electron chi connectivity index (χ0n) is 9.66. The molecule has 2 atom stereocenters. The lowest BCUT2D eigenvalue weighted by atomic mass is 10.1. The maximum atomic E-state index is 11.9. The summed E-state index contributed by atoms with van der Waals surface area (Å²) in [4.78, 5) is 12.5. The average Bonchev–Trinajstić information content (AvgIpc) is 2.75. The summed E-state index contributed by atoms with van der Waals surface area (Å²) in [7, 11) is 0. The molecule has 1 heterocycles. The molecule has 0 aliphatic carbocycles. The van der Waals surface area contributed by atoms with Crippen LogP contribution in [0.5, 0.6) is 0 Å². The van der Waals surface area contributed by atoms with Gasteiger partial charge in [-0.05, 0) is 30.8 Å². The fourth-order valence-corrected chi connectivity index (χ4v) is 2.08. The number of nitrogens with one attached hydrogen (secondary N) is 1. The lowest BCUT2D eigenvalue weighted by Crippen LogP contribution is -2.37. The number of carbonyl (C=O) groups is 1. The summed E-state index contributed by atoms with van der Waals surface area (Å²) in [5.41, 5.74) is 0.758. The van der Waals surface area contributed by atoms with Crippen LogP contribution in [0.2, 0.25) is 0 Å². The van der Waals surface area contributed by atoms with E-state index in [4.69, 9.17) is 11.6 Å². The smallest absolute Gasteiger partial charge is 0.265 e. The van der Waals surface area contributed by atoms with Gasteiger partial charge >= 0.3 is 0 Å². The fourth-order valence-electron chi connectivity index (χ4n) is 1.16. The Morgan fingerprint density at radius 1 is 1.56 bits per heavy atom. The second kappa shape index (κ2) is 6.15. The van der Waals surface area contributed by atoms with Gasteiger partial charge in [0.05, 0.1) is 5.69 Å². The van der Waals surface area contributed by atoms with Gasteiger partial charge in [0.25, 0.3) is 5.91 Å². The van der Waals surface area contributed by atoms with Crippen LogP contribution >= 0.6 is 23.1 Å². The molecular formula is C10H16ClN3OS. The van der Waals surface area contributed by atoms with E-state index in [2.05, 4.69) is 14.9 Å². The summed E-state index contributed by atoms with van der Waals surface area (Å²) < 4.78 is 3.79. The van der Waals surface area contributed by atoms with Crippen molar-refractivity contribution >= 4 is 29.0 Å². The molecule has 0 radical (unpaired) electrons. The Morgan fingerprint density at radius 2 is 2.25 bits per heavy atom. The second-order valence-electron chi connectivity index (χ2n) is 3.80. The quantitative estimate of drug-likeness (QED) is 0.826. The first-order valence-corrected chi connectivity index (χ1v) is 6.59. The third-order valence-electron chi connectivity index (χ3n) is 2.55. The van der Waals surface area contributed by atoms with Crippen molar-refractivity contribution in [1.29, 1.82) is 0 Å². The summed E-state index contributed by atoms with van der Waals surface area (Å²) in [6.07, 6.45) is 0.721. The Labute approximate surface area is 105 Å². The molecule has 1 rings (SSSR count). The van der Waals surface area contributed by atoms with Crippen LogP contribution in [-0.4, -0.2) is 27.4 Å². The van der Waals surface area contributed by atoms with E-state index < -0.39 is 0 Å². The molecule has 90 valence electrons. The van der Waals surface area contributed by atoms with Gasteiger partial charge < -0.3 is 5.32 Å². The first-order valence-electron chi connectivity index (χ1n) is 5.28. The van der Waals surface area contributed by atoms with Gasteiger partial charge in [0, 0.05) is 11.9 Å². The summed E-state index contributed by atoms with van der Waals surface area (Å²) in [6, 6.07) is 0.0526. The molecule has 0 aliphatic rings. The number of carbonyl (C=O) groups excluding carboxylic acids is 1. The number of rotatable bonds is 5. The molecule has 0 aromatic carbocycles. The highest BCUT2D eigenvalue weighted by molar-refractivity contribution is 7.08. The summed E-state index contributed by atoms with van der Waals surface area (Å²) in [5, 5.41) is 6.82. The number of halogens is 1. The van der Waals surface area contributed by atoms with E-state index in [1.54, 1.807) is 0 Å². The molecule has 2 unspecified atom stereocenters. The molecule has 0 bridgehead atoms. The Bertz CT molecular complexity index is 356. The minimum Gasteiger partial charge on any atom is -0.348 e. The minimum atomic E-state index is -0.101. The molecule has 1 aromatic heterocycles. The molecule has 0 saturated carbocycles. The van der Waals surface area contributed by atoms with Crippen molar-refractivity contribution in [2.24, 2.45) is 5.92 Å². The molecule has 16 heavy (non-hydrogen) atoms. The summed E-state index contributed by atoms with van der Waals surface area (Å²) >= 11 is 6.88. The Hall–Kier alpha value is -0.680. The second-order valence-corrected chi connectivity index (χ2v) is 4.86. The zero-order valence-corrected chi connectivity index (χ0v) is 11.2. The molecule has 0 aliphatic heterocycles. The van der Waals surface area contributed by atoms with Crippen molar-refractivity contribution in [2.45, 2.75) is 33.2 Å². The first-order chi connectivity index (χ1) is 7.60. The van der Waals surface area contributed by atoms with Gasteiger partial charge in [-0.15, -0.1) is 16.7 Å². The maximum Gasteiger partial charge on any atom is 0.265 e. The molecule has 4 nitrogen and oxygen atoms in total. The molecular weight excluding hydrogens is 246 g/mol. The van der Waals surface area contributed by atoms with Crippen LogP contribution < -0.4 is 5.32 Å². The number of aromatic nitrogens is 2. The monoisotopic (exact) mass is 261 g/mol. The molecule has 0 fully saturated rings.